The number of carbonyl (C=O) groups is 2. The van der Waals surface area contributed by atoms with Crippen molar-refractivity contribution in [1.29, 1.82) is 0 Å². The van der Waals surface area contributed by atoms with Gasteiger partial charge in [0.1, 0.15) is 0 Å². The molecule has 0 unspecified atom stereocenters. The highest BCUT2D eigenvalue weighted by molar-refractivity contribution is 7.94. The van der Waals surface area contributed by atoms with Crippen molar-refractivity contribution in [2.45, 2.75) is 32.7 Å². The molecule has 0 spiro atoms. The molecular weight excluding hydrogens is 292 g/mol. The lowest BCUT2D eigenvalue weighted by Crippen LogP contribution is -2.40. The molecule has 0 radical (unpaired) electrons. The predicted molar refractivity (Wildman–Crippen MR) is 79.6 cm³/mol. The first-order valence-corrected chi connectivity index (χ1v) is 8.19. The Bertz CT molecular complexity index is 689. The van der Waals surface area contributed by atoms with Crippen molar-refractivity contribution in [2.75, 3.05) is 10.1 Å². The molecule has 1 N–H and O–H groups in total. The molecule has 0 atom stereocenters. The fraction of sp³-hybridized carbons (Fsp3) is 0.429. The molecule has 6 nitrogen and oxygen atoms in total. The van der Waals surface area contributed by atoms with Crippen molar-refractivity contribution >= 4 is 27.5 Å². The normalized spacial score (nSPS) is 17.9. The molecular formula is C14H18N2O4S. The van der Waals surface area contributed by atoms with Gasteiger partial charge in [0.15, 0.2) is 0 Å². The maximum absolute atomic E-state index is 12.1. The third-order valence-electron chi connectivity index (χ3n) is 2.91. The van der Waals surface area contributed by atoms with Crippen LogP contribution in [-0.4, -0.2) is 31.5 Å². The van der Waals surface area contributed by atoms with Crippen molar-refractivity contribution in [3.05, 3.63) is 29.8 Å². The largest absolute Gasteiger partial charge is 0.347 e. The predicted octanol–water partition coefficient (Wildman–Crippen LogP) is 1.28. The molecule has 114 valence electrons. The minimum Gasteiger partial charge on any atom is -0.347 e. The van der Waals surface area contributed by atoms with Crippen LogP contribution in [0.15, 0.2) is 24.3 Å². The molecule has 1 aliphatic heterocycles. The van der Waals surface area contributed by atoms with Crippen LogP contribution in [0.5, 0.6) is 0 Å². The summed E-state index contributed by atoms with van der Waals surface area (Å²) >= 11 is 0. The maximum atomic E-state index is 12.1. The van der Waals surface area contributed by atoms with Gasteiger partial charge >= 0.3 is 0 Å². The molecule has 0 aliphatic carbocycles. The Morgan fingerprint density at radius 1 is 1.29 bits per heavy atom. The SMILES string of the molecule is CC(C)(C)NC(=O)c1cccc(N2C(=O)CCS2(=O)=O)c1. The van der Waals surface area contributed by atoms with E-state index < -0.39 is 21.5 Å². The maximum Gasteiger partial charge on any atom is 0.251 e. The quantitative estimate of drug-likeness (QED) is 0.892. The van der Waals surface area contributed by atoms with Crippen LogP contribution in [0.4, 0.5) is 5.69 Å². The van der Waals surface area contributed by atoms with E-state index in [0.717, 1.165) is 4.31 Å². The second kappa shape index (κ2) is 5.14. The third-order valence-corrected chi connectivity index (χ3v) is 4.60. The highest BCUT2D eigenvalue weighted by Gasteiger charge is 2.36. The van der Waals surface area contributed by atoms with Gasteiger partial charge in [0.2, 0.25) is 15.9 Å². The second-order valence-electron chi connectivity index (χ2n) is 5.98. The van der Waals surface area contributed by atoms with E-state index in [1.807, 2.05) is 20.8 Å². The number of nitrogens with zero attached hydrogens (tertiary/aromatic N) is 1. The number of hydrogen-bond acceptors (Lipinski definition) is 4. The van der Waals surface area contributed by atoms with Crippen LogP contribution in [-0.2, 0) is 14.8 Å². The first-order chi connectivity index (χ1) is 9.60. The molecule has 2 rings (SSSR count). The number of anilines is 1. The van der Waals surface area contributed by atoms with Gasteiger partial charge in [0, 0.05) is 17.5 Å². The highest BCUT2D eigenvalue weighted by Crippen LogP contribution is 2.25. The molecule has 2 amide bonds. The van der Waals surface area contributed by atoms with Gasteiger partial charge in [-0.1, -0.05) is 6.07 Å². The average molecular weight is 310 g/mol. The Balaban J connectivity index is 2.34. The summed E-state index contributed by atoms with van der Waals surface area (Å²) in [7, 11) is -3.61. The Morgan fingerprint density at radius 3 is 2.48 bits per heavy atom. The van der Waals surface area contributed by atoms with Gasteiger partial charge < -0.3 is 5.32 Å². The van der Waals surface area contributed by atoms with Crippen LogP contribution >= 0.6 is 0 Å². The summed E-state index contributed by atoms with van der Waals surface area (Å²) in [5.41, 5.74) is 0.124. The van der Waals surface area contributed by atoms with Crippen molar-refractivity contribution < 1.29 is 18.0 Å². The van der Waals surface area contributed by atoms with Gasteiger partial charge in [-0.25, -0.2) is 12.7 Å². The third kappa shape index (κ3) is 3.41. The summed E-state index contributed by atoms with van der Waals surface area (Å²) < 4.78 is 24.6. The van der Waals surface area contributed by atoms with E-state index in [1.165, 1.54) is 12.1 Å². The molecule has 0 saturated carbocycles. The summed E-state index contributed by atoms with van der Waals surface area (Å²) in [5, 5.41) is 2.79. The lowest BCUT2D eigenvalue weighted by Gasteiger charge is -2.21. The van der Waals surface area contributed by atoms with Crippen LogP contribution in [0.1, 0.15) is 37.6 Å². The van der Waals surface area contributed by atoms with Crippen molar-refractivity contribution in [1.82, 2.24) is 5.32 Å². The van der Waals surface area contributed by atoms with Gasteiger partial charge in [-0.05, 0) is 39.0 Å². The monoisotopic (exact) mass is 310 g/mol. The molecule has 21 heavy (non-hydrogen) atoms. The topological polar surface area (TPSA) is 83.6 Å². The smallest absolute Gasteiger partial charge is 0.251 e. The number of nitrogens with one attached hydrogen (secondary N) is 1. The Hall–Kier alpha value is -1.89. The minimum absolute atomic E-state index is 0.0270. The number of rotatable bonds is 2. The fourth-order valence-electron chi connectivity index (χ4n) is 2.06. The van der Waals surface area contributed by atoms with E-state index in [9.17, 15) is 18.0 Å². The zero-order chi connectivity index (χ0) is 15.8. The summed E-state index contributed by atoms with van der Waals surface area (Å²) in [5.74, 6) is -0.971. The summed E-state index contributed by atoms with van der Waals surface area (Å²) in [4.78, 5) is 23.9. The average Bonchev–Trinajstić information content (AvgIpc) is 2.61. The van der Waals surface area contributed by atoms with Crippen molar-refractivity contribution in [2.24, 2.45) is 0 Å². The lowest BCUT2D eigenvalue weighted by molar-refractivity contribution is -0.116. The minimum atomic E-state index is -3.61. The van der Waals surface area contributed by atoms with Gasteiger partial charge in [0.25, 0.3) is 5.91 Å². The summed E-state index contributed by atoms with van der Waals surface area (Å²) in [6, 6.07) is 6.07. The molecule has 1 aromatic rings. The van der Waals surface area contributed by atoms with Crippen molar-refractivity contribution in [3.8, 4) is 0 Å². The summed E-state index contributed by atoms with van der Waals surface area (Å²) in [6.07, 6.45) is -0.0270. The number of benzene rings is 1. The number of sulfonamides is 1. The van der Waals surface area contributed by atoms with E-state index >= 15 is 0 Å². The van der Waals surface area contributed by atoms with Gasteiger partial charge in [-0.3, -0.25) is 9.59 Å². The van der Waals surface area contributed by atoms with Gasteiger partial charge in [-0.15, -0.1) is 0 Å². The molecule has 1 saturated heterocycles. The lowest BCUT2D eigenvalue weighted by atomic mass is 10.1. The van der Waals surface area contributed by atoms with E-state index in [-0.39, 0.29) is 23.8 Å². The van der Waals surface area contributed by atoms with E-state index in [4.69, 9.17) is 0 Å². The zero-order valence-corrected chi connectivity index (χ0v) is 13.0. The van der Waals surface area contributed by atoms with Crippen LogP contribution in [0.3, 0.4) is 0 Å². The standard InChI is InChI=1S/C14H18N2O4S/c1-14(2,3)15-13(18)10-5-4-6-11(9-10)16-12(17)7-8-21(16,19)20/h4-6,9H,7-8H2,1-3H3,(H,15,18). The summed E-state index contributed by atoms with van der Waals surface area (Å²) in [6.45, 7) is 5.55. The zero-order valence-electron chi connectivity index (χ0n) is 12.2. The van der Waals surface area contributed by atoms with E-state index in [0.29, 0.717) is 5.56 Å². The Kier molecular flexibility index (Phi) is 3.79. The molecule has 1 heterocycles. The molecule has 1 fully saturated rings. The van der Waals surface area contributed by atoms with Gasteiger partial charge in [0.05, 0.1) is 11.4 Å². The van der Waals surface area contributed by atoms with Crippen LogP contribution < -0.4 is 9.62 Å². The number of amides is 2. The Labute approximate surface area is 124 Å². The van der Waals surface area contributed by atoms with Crippen molar-refractivity contribution in [3.63, 3.8) is 0 Å². The van der Waals surface area contributed by atoms with E-state index in [2.05, 4.69) is 5.32 Å². The highest BCUT2D eigenvalue weighted by atomic mass is 32.2. The van der Waals surface area contributed by atoms with Crippen LogP contribution in [0, 0.1) is 0 Å². The number of hydrogen-bond donors (Lipinski definition) is 1. The molecule has 1 aliphatic rings. The number of carbonyl (C=O) groups excluding carboxylic acids is 2. The first kappa shape index (κ1) is 15.5. The Morgan fingerprint density at radius 2 is 1.95 bits per heavy atom. The van der Waals surface area contributed by atoms with Gasteiger partial charge in [-0.2, -0.15) is 0 Å². The fourth-order valence-corrected chi connectivity index (χ4v) is 3.51. The molecule has 1 aromatic carbocycles. The van der Waals surface area contributed by atoms with Crippen LogP contribution in [0.2, 0.25) is 0 Å². The van der Waals surface area contributed by atoms with E-state index in [1.54, 1.807) is 12.1 Å². The first-order valence-electron chi connectivity index (χ1n) is 6.58. The second-order valence-corrected chi connectivity index (χ2v) is 7.92. The molecule has 0 aromatic heterocycles. The molecule has 0 bridgehead atoms. The molecule has 7 heteroatoms. The van der Waals surface area contributed by atoms with Crippen LogP contribution in [0.25, 0.3) is 0 Å².